The summed E-state index contributed by atoms with van der Waals surface area (Å²) < 4.78 is 24.0. The minimum atomic E-state index is -3.01. The van der Waals surface area contributed by atoms with Crippen LogP contribution < -0.4 is 10.6 Å². The molecule has 2 atom stereocenters. The number of piperazine rings is 1. The molecule has 5 nitrogen and oxygen atoms in total. The molecule has 2 rings (SSSR count). The van der Waals surface area contributed by atoms with Gasteiger partial charge in [0.2, 0.25) is 10.0 Å². The predicted octanol–water partition coefficient (Wildman–Crippen LogP) is -1.81. The van der Waals surface area contributed by atoms with Crippen molar-refractivity contribution in [3.8, 4) is 0 Å². The molecule has 0 saturated carbocycles. The SMILES string of the molecule is CS(=O)(=O)N1C[C@@H]2NCCN[C@@H]2C1. The van der Waals surface area contributed by atoms with Crippen LogP contribution in [0.15, 0.2) is 0 Å². The maximum Gasteiger partial charge on any atom is 0.211 e. The molecule has 2 aliphatic rings. The predicted molar refractivity (Wildman–Crippen MR) is 50.0 cm³/mol. The van der Waals surface area contributed by atoms with E-state index in [1.807, 2.05) is 0 Å². The fourth-order valence-corrected chi connectivity index (χ4v) is 2.83. The summed E-state index contributed by atoms with van der Waals surface area (Å²) in [5.41, 5.74) is 0. The number of nitrogens with one attached hydrogen (secondary N) is 2. The lowest BCUT2D eigenvalue weighted by Crippen LogP contribution is -2.55. The van der Waals surface area contributed by atoms with Crippen LogP contribution in [0, 0.1) is 0 Å². The van der Waals surface area contributed by atoms with Crippen molar-refractivity contribution in [3.05, 3.63) is 0 Å². The summed E-state index contributed by atoms with van der Waals surface area (Å²) in [5, 5.41) is 6.63. The Bertz CT molecular complexity index is 276. The van der Waals surface area contributed by atoms with Crippen LogP contribution in [-0.4, -0.2) is 57.2 Å². The quantitative estimate of drug-likeness (QED) is 0.530. The Morgan fingerprint density at radius 1 is 1.15 bits per heavy atom. The van der Waals surface area contributed by atoms with Gasteiger partial charge in [-0.05, 0) is 0 Å². The van der Waals surface area contributed by atoms with Crippen LogP contribution >= 0.6 is 0 Å². The molecule has 0 radical (unpaired) electrons. The smallest absolute Gasteiger partial charge is 0.211 e. The largest absolute Gasteiger partial charge is 0.310 e. The van der Waals surface area contributed by atoms with Gasteiger partial charge in [0.25, 0.3) is 0 Å². The summed E-state index contributed by atoms with van der Waals surface area (Å²) in [4.78, 5) is 0. The van der Waals surface area contributed by atoms with Gasteiger partial charge in [0.05, 0.1) is 6.26 Å². The van der Waals surface area contributed by atoms with E-state index in [-0.39, 0.29) is 0 Å². The minimum absolute atomic E-state index is 0.295. The zero-order valence-corrected chi connectivity index (χ0v) is 8.47. The van der Waals surface area contributed by atoms with Crippen LogP contribution in [0.5, 0.6) is 0 Å². The van der Waals surface area contributed by atoms with Gasteiger partial charge in [0.1, 0.15) is 0 Å². The second kappa shape index (κ2) is 3.20. The molecule has 13 heavy (non-hydrogen) atoms. The fourth-order valence-electron chi connectivity index (χ4n) is 1.97. The standard InChI is InChI=1S/C7H15N3O2S/c1-13(11,12)10-4-6-7(5-10)9-3-2-8-6/h6-9H,2-5H2,1H3/t6-,7+. The highest BCUT2D eigenvalue weighted by Crippen LogP contribution is 2.14. The van der Waals surface area contributed by atoms with Crippen LogP contribution in [0.25, 0.3) is 0 Å². The van der Waals surface area contributed by atoms with Gasteiger partial charge in [0, 0.05) is 38.3 Å². The summed E-state index contributed by atoms with van der Waals surface area (Å²) in [5.74, 6) is 0. The van der Waals surface area contributed by atoms with Gasteiger partial charge in [-0.25, -0.2) is 8.42 Å². The van der Waals surface area contributed by atoms with E-state index >= 15 is 0 Å². The highest BCUT2D eigenvalue weighted by Gasteiger charge is 2.37. The fraction of sp³-hybridized carbons (Fsp3) is 1.00. The van der Waals surface area contributed by atoms with E-state index in [0.29, 0.717) is 25.2 Å². The van der Waals surface area contributed by atoms with Gasteiger partial charge >= 0.3 is 0 Å². The molecule has 0 aliphatic carbocycles. The lowest BCUT2D eigenvalue weighted by Gasteiger charge is -2.26. The number of rotatable bonds is 1. The molecule has 0 aromatic carbocycles. The number of hydrogen-bond acceptors (Lipinski definition) is 4. The van der Waals surface area contributed by atoms with Crippen molar-refractivity contribution >= 4 is 10.0 Å². The third kappa shape index (κ3) is 1.85. The average Bonchev–Trinajstić information content (AvgIpc) is 2.45. The number of fused-ring (bicyclic) bond motifs is 1. The third-order valence-electron chi connectivity index (χ3n) is 2.69. The molecule has 0 bridgehead atoms. The van der Waals surface area contributed by atoms with E-state index < -0.39 is 10.0 Å². The molecule has 2 fully saturated rings. The van der Waals surface area contributed by atoms with Crippen molar-refractivity contribution in [2.45, 2.75) is 12.1 Å². The third-order valence-corrected chi connectivity index (χ3v) is 3.93. The second-order valence-electron chi connectivity index (χ2n) is 3.70. The highest BCUT2D eigenvalue weighted by atomic mass is 32.2. The topological polar surface area (TPSA) is 61.4 Å². The van der Waals surface area contributed by atoms with E-state index in [0.717, 1.165) is 13.1 Å². The van der Waals surface area contributed by atoms with Gasteiger partial charge < -0.3 is 10.6 Å². The summed E-state index contributed by atoms with van der Waals surface area (Å²) in [6.45, 7) is 3.07. The van der Waals surface area contributed by atoms with E-state index in [1.54, 1.807) is 0 Å². The normalized spacial score (nSPS) is 36.1. The zero-order valence-electron chi connectivity index (χ0n) is 7.66. The van der Waals surface area contributed by atoms with Gasteiger partial charge in [-0.15, -0.1) is 0 Å². The molecule has 76 valence electrons. The van der Waals surface area contributed by atoms with Crippen molar-refractivity contribution in [3.63, 3.8) is 0 Å². The maximum absolute atomic E-state index is 11.2. The summed E-state index contributed by atoms with van der Waals surface area (Å²) in [6.07, 6.45) is 1.27. The monoisotopic (exact) mass is 205 g/mol. The van der Waals surface area contributed by atoms with Gasteiger partial charge in [-0.1, -0.05) is 0 Å². The van der Waals surface area contributed by atoms with Crippen molar-refractivity contribution in [2.75, 3.05) is 32.4 Å². The Kier molecular flexibility index (Phi) is 2.31. The van der Waals surface area contributed by atoms with Crippen LogP contribution in [0.3, 0.4) is 0 Å². The number of sulfonamides is 1. The molecule has 2 heterocycles. The van der Waals surface area contributed by atoms with Crippen LogP contribution in [0.2, 0.25) is 0 Å². The summed E-state index contributed by atoms with van der Waals surface area (Å²) in [7, 11) is -3.01. The maximum atomic E-state index is 11.2. The molecule has 2 aliphatic heterocycles. The van der Waals surface area contributed by atoms with Gasteiger partial charge in [-0.2, -0.15) is 4.31 Å². The van der Waals surface area contributed by atoms with Crippen molar-refractivity contribution in [1.29, 1.82) is 0 Å². The van der Waals surface area contributed by atoms with Crippen LogP contribution in [0.1, 0.15) is 0 Å². The Balaban J connectivity index is 2.07. The Hall–Kier alpha value is -0.170. The summed E-state index contributed by atoms with van der Waals surface area (Å²) in [6, 6.07) is 0.590. The molecule has 0 aromatic rings. The van der Waals surface area contributed by atoms with E-state index in [1.165, 1.54) is 10.6 Å². The molecule has 0 spiro atoms. The Morgan fingerprint density at radius 3 is 2.00 bits per heavy atom. The first kappa shape index (κ1) is 9.39. The average molecular weight is 205 g/mol. The van der Waals surface area contributed by atoms with E-state index in [9.17, 15) is 8.42 Å². The molecule has 6 heteroatoms. The lowest BCUT2D eigenvalue weighted by molar-refractivity contribution is 0.377. The highest BCUT2D eigenvalue weighted by molar-refractivity contribution is 7.88. The van der Waals surface area contributed by atoms with Gasteiger partial charge in [-0.3, -0.25) is 0 Å². The molecule has 0 amide bonds. The molecule has 2 N–H and O–H groups in total. The van der Waals surface area contributed by atoms with Crippen LogP contribution in [-0.2, 0) is 10.0 Å². The zero-order chi connectivity index (χ0) is 9.47. The lowest BCUT2D eigenvalue weighted by atomic mass is 10.1. The van der Waals surface area contributed by atoms with E-state index in [4.69, 9.17) is 0 Å². The first-order valence-electron chi connectivity index (χ1n) is 4.49. The van der Waals surface area contributed by atoms with Gasteiger partial charge in [0.15, 0.2) is 0 Å². The summed E-state index contributed by atoms with van der Waals surface area (Å²) >= 11 is 0. The van der Waals surface area contributed by atoms with Crippen molar-refractivity contribution in [2.24, 2.45) is 0 Å². The Morgan fingerprint density at radius 2 is 1.62 bits per heavy atom. The second-order valence-corrected chi connectivity index (χ2v) is 5.68. The first-order chi connectivity index (χ1) is 6.07. The molecular formula is C7H15N3O2S. The molecule has 0 aromatic heterocycles. The van der Waals surface area contributed by atoms with Crippen molar-refractivity contribution < 1.29 is 8.42 Å². The molecule has 0 unspecified atom stereocenters. The Labute approximate surface area is 78.5 Å². The molecular weight excluding hydrogens is 190 g/mol. The van der Waals surface area contributed by atoms with Crippen LogP contribution in [0.4, 0.5) is 0 Å². The van der Waals surface area contributed by atoms with E-state index in [2.05, 4.69) is 10.6 Å². The molecule has 2 saturated heterocycles. The number of hydrogen-bond donors (Lipinski definition) is 2. The first-order valence-corrected chi connectivity index (χ1v) is 6.34. The minimum Gasteiger partial charge on any atom is -0.310 e. The number of nitrogens with zero attached hydrogens (tertiary/aromatic N) is 1. The van der Waals surface area contributed by atoms with Crippen molar-refractivity contribution in [1.82, 2.24) is 14.9 Å².